The maximum atomic E-state index is 14.4. The van der Waals surface area contributed by atoms with Crippen molar-refractivity contribution in [3.8, 4) is 23.0 Å². The fourth-order valence-electron chi connectivity index (χ4n) is 14.1. The summed E-state index contributed by atoms with van der Waals surface area (Å²) in [6.45, 7) is 9.21. The predicted octanol–water partition coefficient (Wildman–Crippen LogP) is -6.25. The standard InChI is InChI=1S/C85H112N24O28/c1-9-38(4)68(81(132)107-58(30-62(87)113)79(130)104-54(20-23-66(118)119)76(127)98-39(5)69(120)93-33-64(115)102-55(82(133)134)11-10-24-92-84(88)89)109-77(128)52(19-22-65(116)117)101-63(114)34-94-74(125)56(26-44-31-90-35-95-44)105-71(122)41(7)97-70(121)40(6)100-78(129)57(27-45-32-91-36-96-45)106-80(131)67(37(2)3)108-72(123)42(8)99-75(126)53(18-21-61(86)112)103-73(124)43-12-15-48-51(25-43)85(137-83(48)135)49-16-13-46(110)28-59(49)136-60-29-47(111)14-17-50(60)85/h12-17,25,28-29,31-32,35-42,52-58,67-68,110-111H,9-11,18-24,26-27,30,33-34H2,1-8H3,(H2,86,112)(H2,87,113)(H,90,95)(H,91,96)(H,93,120)(H,94,125)(H,97,121)(H,98,127)(H,99,126)(H,100,129)(H,101,114)(H,102,115)(H,103,124)(H,104,130)(H,105,122)(H,106,131)(H,107,132)(H,108,123)(H,109,128)(H,116,117)(H,118,119)(H,133,134)(H4,88,89,92)/t38-,39-,40-,41-,42-,52-,53-,54-,55-,56-,57-,58-,67-,68-/m0/s1. The Bertz CT molecular complexity index is 5310. The van der Waals surface area contributed by atoms with Gasteiger partial charge in [-0.25, -0.2) is 19.6 Å². The Hall–Kier alpha value is -16.4. The lowest BCUT2D eigenvalue weighted by Gasteiger charge is -2.36. The zero-order chi connectivity index (χ0) is 102. The Kier molecular flexibility index (Phi) is 39.2. The monoisotopic (exact) mass is 1920 g/mol. The van der Waals surface area contributed by atoms with E-state index in [1.54, 1.807) is 20.8 Å². The van der Waals surface area contributed by atoms with Crippen molar-refractivity contribution >= 4 is 130 Å². The highest BCUT2D eigenvalue weighted by atomic mass is 16.6. The number of benzene rings is 3. The number of aromatic hydroxyl groups is 2. The van der Waals surface area contributed by atoms with Crippen molar-refractivity contribution in [2.75, 3.05) is 19.6 Å². The predicted molar refractivity (Wildman–Crippen MR) is 473 cm³/mol. The number of imidazole rings is 2. The third-order valence-corrected chi connectivity index (χ3v) is 21.7. The molecule has 52 nitrogen and oxygen atoms in total. The Labute approximate surface area is 780 Å². The highest BCUT2D eigenvalue weighted by Gasteiger charge is 2.54. The molecular formula is C85H112N24O28. The van der Waals surface area contributed by atoms with Crippen molar-refractivity contribution in [3.63, 3.8) is 0 Å². The van der Waals surface area contributed by atoms with Crippen molar-refractivity contribution < 1.29 is 136 Å². The second kappa shape index (κ2) is 49.9. The molecule has 52 heteroatoms. The molecule has 0 aliphatic carbocycles. The number of rotatable bonds is 53. The van der Waals surface area contributed by atoms with Gasteiger partial charge in [-0.2, -0.15) is 0 Å². The number of carboxylic acid groups (broad SMARTS) is 3. The van der Waals surface area contributed by atoms with Gasteiger partial charge in [-0.1, -0.05) is 34.1 Å². The van der Waals surface area contributed by atoms with E-state index in [2.05, 4.69) is 105 Å². The van der Waals surface area contributed by atoms with Gasteiger partial charge < -0.3 is 147 Å². The summed E-state index contributed by atoms with van der Waals surface area (Å²) in [7, 11) is 0. The first kappa shape index (κ1) is 108. The second-order valence-electron chi connectivity index (χ2n) is 32.7. The van der Waals surface area contributed by atoms with Gasteiger partial charge in [-0.05, 0) is 114 Å². The van der Waals surface area contributed by atoms with E-state index < -0.39 is 278 Å². The minimum Gasteiger partial charge on any atom is -0.508 e. The summed E-state index contributed by atoms with van der Waals surface area (Å²) >= 11 is 0. The lowest BCUT2D eigenvalue weighted by molar-refractivity contribution is -0.142. The molecule has 0 radical (unpaired) electrons. The van der Waals surface area contributed by atoms with Crippen LogP contribution in [0, 0.1) is 17.2 Å². The van der Waals surface area contributed by atoms with E-state index in [-0.39, 0.29) is 107 Å². The molecule has 2 aromatic heterocycles. The van der Waals surface area contributed by atoms with Crippen LogP contribution in [0.15, 0.2) is 79.6 Å². The van der Waals surface area contributed by atoms with Crippen LogP contribution in [0.5, 0.6) is 23.0 Å². The summed E-state index contributed by atoms with van der Waals surface area (Å²) < 4.78 is 12.1. The molecule has 2 aliphatic rings. The molecule has 2 aliphatic heterocycles. The quantitative estimate of drug-likeness (QED) is 0.00745. The molecule has 0 saturated heterocycles. The maximum absolute atomic E-state index is 14.4. The molecule has 0 unspecified atom stereocenters. The number of phenolic OH excluding ortho intramolecular Hbond substituents is 2. The van der Waals surface area contributed by atoms with Crippen molar-refractivity contribution in [2.24, 2.45) is 29.0 Å². The first-order valence-electron chi connectivity index (χ1n) is 43.1. The number of nitrogens with two attached hydrogens (primary N) is 3. The number of guanidine groups is 1. The number of aromatic nitrogens is 4. The number of ether oxygens (including phenoxy) is 2. The molecule has 14 atom stereocenters. The minimum atomic E-state index is -1.98. The molecule has 0 fully saturated rings. The largest absolute Gasteiger partial charge is 0.508 e. The Morgan fingerprint density at radius 3 is 1.37 bits per heavy atom. The van der Waals surface area contributed by atoms with Crippen LogP contribution < -0.4 is 107 Å². The fourth-order valence-corrected chi connectivity index (χ4v) is 14.1. The summed E-state index contributed by atoms with van der Waals surface area (Å²) in [6.07, 6.45) is -0.0459. The Balaban J connectivity index is 0.945. The van der Waals surface area contributed by atoms with E-state index in [1.807, 2.05) is 0 Å². The highest BCUT2D eigenvalue weighted by Crippen LogP contribution is 2.57. The highest BCUT2D eigenvalue weighted by molar-refractivity contribution is 6.04. The van der Waals surface area contributed by atoms with Crippen LogP contribution in [-0.4, -0.2) is 274 Å². The van der Waals surface area contributed by atoms with Crippen LogP contribution in [0.4, 0.5) is 0 Å². The van der Waals surface area contributed by atoms with Gasteiger partial charge in [0.15, 0.2) is 11.6 Å². The Morgan fingerprint density at radius 1 is 0.445 bits per heavy atom. The number of hydrogen-bond donors (Lipinski definition) is 27. The maximum Gasteiger partial charge on any atom is 0.340 e. The van der Waals surface area contributed by atoms with Crippen molar-refractivity contribution in [1.29, 1.82) is 5.41 Å². The van der Waals surface area contributed by atoms with Crippen LogP contribution in [0.25, 0.3) is 0 Å². The molecule has 5 aromatic rings. The fraction of sp³-hybridized carbons (Fsp3) is 0.459. The molecule has 1 spiro atoms. The minimum absolute atomic E-state index is 0.0287. The number of carbonyl (C=O) groups is 21. The van der Waals surface area contributed by atoms with Gasteiger partial charge in [-0.15, -0.1) is 0 Å². The topological polar surface area (TPSA) is 830 Å². The Morgan fingerprint density at radius 2 is 0.876 bits per heavy atom. The number of nitrogens with zero attached hydrogens (tertiary/aromatic N) is 2. The zero-order valence-electron chi connectivity index (χ0n) is 75.5. The third-order valence-electron chi connectivity index (χ3n) is 21.7. The smallest absolute Gasteiger partial charge is 0.340 e. The number of hydrogen-bond acceptors (Lipinski definition) is 28. The van der Waals surface area contributed by atoms with Crippen molar-refractivity contribution in [1.82, 2.24) is 105 Å². The zero-order valence-corrected chi connectivity index (χ0v) is 75.5. The first-order chi connectivity index (χ1) is 64.6. The summed E-state index contributed by atoms with van der Waals surface area (Å²) in [4.78, 5) is 296. The van der Waals surface area contributed by atoms with Gasteiger partial charge in [-0.3, -0.25) is 96.5 Å². The number of H-pyrrole nitrogens is 2. The molecule has 3 aromatic carbocycles. The number of fused-ring (bicyclic) bond motifs is 6. The average Bonchev–Trinajstić information content (AvgIpc) is 1.57. The van der Waals surface area contributed by atoms with Gasteiger partial charge in [0, 0.05) is 85.4 Å². The van der Waals surface area contributed by atoms with Crippen molar-refractivity contribution in [2.45, 2.75) is 217 Å². The molecule has 17 amide bonds. The summed E-state index contributed by atoms with van der Waals surface area (Å²) in [5, 5.41) is 94.8. The molecule has 0 bridgehead atoms. The van der Waals surface area contributed by atoms with E-state index in [1.165, 1.54) is 107 Å². The van der Waals surface area contributed by atoms with Crippen LogP contribution in [0.3, 0.4) is 0 Å². The number of esters is 1. The first-order valence-corrected chi connectivity index (χ1v) is 43.1. The van der Waals surface area contributed by atoms with Gasteiger partial charge >= 0.3 is 23.9 Å². The number of phenols is 2. The second-order valence-corrected chi connectivity index (χ2v) is 32.7. The molecule has 30 N–H and O–H groups in total. The van der Waals surface area contributed by atoms with Crippen LogP contribution in [0.2, 0.25) is 0 Å². The number of carbonyl (C=O) groups excluding carboxylic acids is 18. The van der Waals surface area contributed by atoms with Crippen LogP contribution >= 0.6 is 0 Å². The number of nitrogens with one attached hydrogen (secondary N) is 19. The number of aromatic amines is 2. The molecule has 7 rings (SSSR count). The van der Waals surface area contributed by atoms with E-state index in [0.717, 1.165) is 6.92 Å². The molecule has 740 valence electrons. The summed E-state index contributed by atoms with van der Waals surface area (Å²) in [5.41, 5.74) is 15.3. The lowest BCUT2D eigenvalue weighted by atomic mass is 9.77. The molecule has 4 heterocycles. The van der Waals surface area contributed by atoms with Crippen molar-refractivity contribution in [3.05, 3.63) is 119 Å². The number of aliphatic carboxylic acids is 3. The lowest BCUT2D eigenvalue weighted by Crippen LogP contribution is -2.61. The van der Waals surface area contributed by atoms with E-state index in [9.17, 15) is 126 Å². The van der Waals surface area contributed by atoms with Crippen LogP contribution in [-0.2, 0) is 114 Å². The average molecular weight is 1920 g/mol. The SMILES string of the molecule is CC[C@H](C)[C@H](NC(=O)[C@H](CCC(=O)O)NC(=O)CNC(=O)[C@H](Cc1c[nH]cn1)NC(=O)[C@H](C)NC(=O)[C@H](C)NC(=O)[C@H](Cc1c[nH]cn1)NC(=O)[C@@H](NC(=O)[C@H](C)NC(=O)[C@H](CCC(N)=O)NC(=O)c1ccc2c(c1)C1(OC2=O)c2ccc(O)cc2Oc2cc(O)ccc21)C(C)C)C(=O)N[C@@H](CC(N)=O)C(=O)N[C@@H](CCC(=O)O)C(=O)N[C@@H](C)C(=O)NCC(=O)N[C@@H](CCCNC(=N)N)C(=O)O. The molecular weight excluding hydrogens is 1810 g/mol. The number of amides is 17. The van der Waals surface area contributed by atoms with E-state index in [4.69, 9.17) is 32.1 Å². The number of carboxylic acids is 3. The molecule has 0 saturated carbocycles. The summed E-state index contributed by atoms with van der Waals surface area (Å²) in [6, 6.07) is -8.92. The normalized spacial score (nSPS) is 15.0. The van der Waals surface area contributed by atoms with Gasteiger partial charge in [0.1, 0.15) is 102 Å². The third kappa shape index (κ3) is 31.4. The van der Waals surface area contributed by atoms with E-state index >= 15 is 0 Å². The summed E-state index contributed by atoms with van der Waals surface area (Å²) in [5.74, 6) is -25.5. The van der Waals surface area contributed by atoms with Crippen LogP contribution in [0.1, 0.15) is 168 Å². The van der Waals surface area contributed by atoms with Gasteiger partial charge in [0.25, 0.3) is 5.91 Å². The molecule has 137 heavy (non-hydrogen) atoms. The van der Waals surface area contributed by atoms with Gasteiger partial charge in [0.2, 0.25) is 94.5 Å². The van der Waals surface area contributed by atoms with Gasteiger partial charge in [0.05, 0.1) is 49.1 Å². The van der Waals surface area contributed by atoms with E-state index in [0.29, 0.717) is 0 Å². The number of primary amides is 2.